The van der Waals surface area contributed by atoms with Crippen molar-refractivity contribution in [3.63, 3.8) is 0 Å². The van der Waals surface area contributed by atoms with Crippen molar-refractivity contribution in [2.24, 2.45) is 0 Å². The zero-order valence-electron chi connectivity index (χ0n) is 15.2. The molecule has 1 aromatic heterocycles. The van der Waals surface area contributed by atoms with E-state index >= 15 is 0 Å². The van der Waals surface area contributed by atoms with E-state index in [0.717, 1.165) is 54.8 Å². The number of aromatic nitrogens is 1. The van der Waals surface area contributed by atoms with Gasteiger partial charge in [0.25, 0.3) is 5.91 Å². The number of benzene rings is 1. The molecule has 5 heteroatoms. The van der Waals surface area contributed by atoms with Gasteiger partial charge in [0.05, 0.1) is 0 Å². The molecule has 136 valence electrons. The quantitative estimate of drug-likeness (QED) is 0.631. The maximum Gasteiger partial charge on any atom is 0.253 e. The van der Waals surface area contributed by atoms with E-state index in [1.807, 2.05) is 30.1 Å². The second-order valence-corrected chi connectivity index (χ2v) is 7.39. The van der Waals surface area contributed by atoms with Crippen molar-refractivity contribution in [2.45, 2.75) is 38.1 Å². The largest absolute Gasteiger partial charge is 0.619 e. The van der Waals surface area contributed by atoms with Crippen molar-refractivity contribution < 1.29 is 9.52 Å². The highest BCUT2D eigenvalue weighted by molar-refractivity contribution is 5.94. The number of fused-ring (bicyclic) bond motifs is 1. The molecule has 1 fully saturated rings. The summed E-state index contributed by atoms with van der Waals surface area (Å²) < 4.78 is 0.805. The Morgan fingerprint density at radius 2 is 1.81 bits per heavy atom. The van der Waals surface area contributed by atoms with E-state index in [-0.39, 0.29) is 11.9 Å². The third-order valence-electron chi connectivity index (χ3n) is 5.83. The molecule has 1 saturated heterocycles. The summed E-state index contributed by atoms with van der Waals surface area (Å²) in [6, 6.07) is 10.2. The molecule has 0 N–H and O–H groups in total. The molecule has 0 unspecified atom stereocenters. The number of piperidine rings is 1. The normalized spacial score (nSPS) is 17.2. The summed E-state index contributed by atoms with van der Waals surface area (Å²) in [5.74, 6) is 0.130. The minimum absolute atomic E-state index is 0.130. The van der Waals surface area contributed by atoms with Gasteiger partial charge in [0, 0.05) is 49.6 Å². The first-order valence-electron chi connectivity index (χ1n) is 9.44. The number of carbonyl (C=O) groups is 1. The lowest BCUT2D eigenvalue weighted by Gasteiger charge is -2.37. The predicted molar refractivity (Wildman–Crippen MR) is 101 cm³/mol. The number of hydrogen-bond donors (Lipinski definition) is 0. The summed E-state index contributed by atoms with van der Waals surface area (Å²) in [4.78, 5) is 17.1. The van der Waals surface area contributed by atoms with Gasteiger partial charge >= 0.3 is 0 Å². The Balaban J connectivity index is 1.39. The summed E-state index contributed by atoms with van der Waals surface area (Å²) in [7, 11) is 1.93. The van der Waals surface area contributed by atoms with Crippen LogP contribution in [0.15, 0.2) is 42.7 Å². The number of carbonyl (C=O) groups excluding carboxylic acids is 1. The Labute approximate surface area is 154 Å². The number of nitrogens with zero attached hydrogens (tertiary/aromatic N) is 3. The third kappa shape index (κ3) is 3.26. The van der Waals surface area contributed by atoms with Crippen LogP contribution in [0.1, 0.15) is 40.7 Å². The molecule has 4 rings (SSSR count). The molecule has 2 heterocycles. The molecule has 1 aromatic carbocycles. The molecular weight excluding hydrogens is 326 g/mol. The Bertz CT molecular complexity index is 795. The third-order valence-corrected chi connectivity index (χ3v) is 5.83. The number of amides is 1. The van der Waals surface area contributed by atoms with Gasteiger partial charge in [-0.1, -0.05) is 6.07 Å². The van der Waals surface area contributed by atoms with Gasteiger partial charge in [0.15, 0.2) is 12.4 Å². The lowest BCUT2D eigenvalue weighted by molar-refractivity contribution is -0.605. The van der Waals surface area contributed by atoms with E-state index in [0.29, 0.717) is 0 Å². The number of pyridine rings is 1. The van der Waals surface area contributed by atoms with Gasteiger partial charge in [-0.05, 0) is 55.4 Å². The van der Waals surface area contributed by atoms with Gasteiger partial charge < -0.3 is 15.0 Å². The second-order valence-electron chi connectivity index (χ2n) is 7.39. The Hall–Kier alpha value is -2.56. The topological polar surface area (TPSA) is 50.5 Å². The zero-order valence-corrected chi connectivity index (χ0v) is 15.2. The van der Waals surface area contributed by atoms with Crippen LogP contribution >= 0.6 is 0 Å². The van der Waals surface area contributed by atoms with Crippen molar-refractivity contribution in [1.29, 1.82) is 0 Å². The average Bonchev–Trinajstić information content (AvgIpc) is 3.15. The number of aryl methyl sites for hydroxylation is 2. The van der Waals surface area contributed by atoms with E-state index in [1.54, 1.807) is 0 Å². The molecule has 0 bridgehead atoms. The Morgan fingerprint density at radius 1 is 1.12 bits per heavy atom. The Kier molecular flexibility index (Phi) is 4.53. The minimum Gasteiger partial charge on any atom is -0.619 e. The number of anilines is 1. The molecule has 1 aliphatic heterocycles. The molecule has 0 atom stereocenters. The molecule has 1 amide bonds. The van der Waals surface area contributed by atoms with Gasteiger partial charge in [0.2, 0.25) is 0 Å². The van der Waals surface area contributed by atoms with Crippen molar-refractivity contribution in [1.82, 2.24) is 4.90 Å². The highest BCUT2D eigenvalue weighted by Gasteiger charge is 2.27. The van der Waals surface area contributed by atoms with Crippen molar-refractivity contribution in [3.8, 4) is 0 Å². The standard InChI is InChI=1S/C21H25N3O2/c1-22(21(25)18-6-5-16-3-2-4-17(16)15-18)19-7-11-23(12-8-19)20-9-13-24(26)14-10-20/h5-6,9-10,13-15,19H,2-4,7-8,11-12H2,1H3. The fourth-order valence-electron chi connectivity index (χ4n) is 4.20. The van der Waals surface area contributed by atoms with Crippen molar-refractivity contribution in [2.75, 3.05) is 25.0 Å². The highest BCUT2D eigenvalue weighted by atomic mass is 16.5. The first kappa shape index (κ1) is 16.9. The smallest absolute Gasteiger partial charge is 0.253 e. The fourth-order valence-corrected chi connectivity index (χ4v) is 4.20. The average molecular weight is 351 g/mol. The van der Waals surface area contributed by atoms with Gasteiger partial charge in [-0.2, -0.15) is 4.73 Å². The summed E-state index contributed by atoms with van der Waals surface area (Å²) in [6.45, 7) is 1.80. The molecule has 2 aromatic rings. The lowest BCUT2D eigenvalue weighted by atomic mass is 10.0. The second kappa shape index (κ2) is 6.98. The van der Waals surface area contributed by atoms with E-state index in [9.17, 15) is 10.0 Å². The molecule has 5 nitrogen and oxygen atoms in total. The van der Waals surface area contributed by atoms with Gasteiger partial charge in [-0.15, -0.1) is 0 Å². The summed E-state index contributed by atoms with van der Waals surface area (Å²) >= 11 is 0. The van der Waals surface area contributed by atoms with Crippen LogP contribution in [-0.4, -0.2) is 37.0 Å². The van der Waals surface area contributed by atoms with Crippen molar-refractivity contribution in [3.05, 3.63) is 64.6 Å². The molecule has 0 saturated carbocycles. The van der Waals surface area contributed by atoms with Crippen LogP contribution in [0.3, 0.4) is 0 Å². The minimum atomic E-state index is 0.130. The van der Waals surface area contributed by atoms with Crippen molar-refractivity contribution >= 4 is 11.6 Å². The van der Waals surface area contributed by atoms with Gasteiger partial charge in [-0.3, -0.25) is 4.79 Å². The molecular formula is C21H25N3O2. The maximum absolute atomic E-state index is 12.9. The zero-order chi connectivity index (χ0) is 18.1. The fraction of sp³-hybridized carbons (Fsp3) is 0.429. The van der Waals surface area contributed by atoms with Crippen LogP contribution in [0.5, 0.6) is 0 Å². The van der Waals surface area contributed by atoms with Crippen LogP contribution in [0.25, 0.3) is 0 Å². The van der Waals surface area contributed by atoms with Crippen LogP contribution < -0.4 is 9.63 Å². The molecule has 2 aliphatic rings. The van der Waals surface area contributed by atoms with Crippen LogP contribution in [-0.2, 0) is 12.8 Å². The summed E-state index contributed by atoms with van der Waals surface area (Å²) in [5.41, 5.74) is 4.64. The van der Waals surface area contributed by atoms with Crippen LogP contribution in [0, 0.1) is 5.21 Å². The lowest BCUT2D eigenvalue weighted by Crippen LogP contribution is -2.45. The van der Waals surface area contributed by atoms with Gasteiger partial charge in [-0.25, -0.2) is 0 Å². The van der Waals surface area contributed by atoms with E-state index in [1.165, 1.54) is 29.9 Å². The van der Waals surface area contributed by atoms with Crippen LogP contribution in [0.2, 0.25) is 0 Å². The Morgan fingerprint density at radius 3 is 2.54 bits per heavy atom. The van der Waals surface area contributed by atoms with Gasteiger partial charge in [0.1, 0.15) is 0 Å². The monoisotopic (exact) mass is 351 g/mol. The molecule has 1 aliphatic carbocycles. The SMILES string of the molecule is CN(C(=O)c1ccc2c(c1)CCC2)C1CCN(c2cc[n+]([O-])cc2)CC1. The first-order valence-corrected chi connectivity index (χ1v) is 9.44. The van der Waals surface area contributed by atoms with E-state index in [2.05, 4.69) is 17.0 Å². The molecule has 0 spiro atoms. The first-order chi connectivity index (χ1) is 12.6. The van der Waals surface area contributed by atoms with Crippen LogP contribution in [0.4, 0.5) is 5.69 Å². The summed E-state index contributed by atoms with van der Waals surface area (Å²) in [6.07, 6.45) is 8.39. The molecule has 26 heavy (non-hydrogen) atoms. The number of rotatable bonds is 3. The molecule has 0 radical (unpaired) electrons. The summed E-state index contributed by atoms with van der Waals surface area (Å²) in [5, 5.41) is 11.2. The maximum atomic E-state index is 12.9. The number of hydrogen-bond acceptors (Lipinski definition) is 3. The highest BCUT2D eigenvalue weighted by Crippen LogP contribution is 2.25. The van der Waals surface area contributed by atoms with E-state index in [4.69, 9.17) is 0 Å². The predicted octanol–water partition coefficient (Wildman–Crippen LogP) is 2.55. The van der Waals surface area contributed by atoms with E-state index < -0.39 is 0 Å².